The van der Waals surface area contributed by atoms with Crippen molar-refractivity contribution in [1.29, 1.82) is 0 Å². The van der Waals surface area contributed by atoms with Crippen LogP contribution in [0.3, 0.4) is 0 Å². The van der Waals surface area contributed by atoms with Crippen molar-refractivity contribution >= 4 is 0 Å². The van der Waals surface area contributed by atoms with Gasteiger partial charge >= 0.3 is 0 Å². The molecule has 0 aromatic heterocycles. The zero-order valence-electron chi connectivity index (χ0n) is 9.72. The topological polar surface area (TPSA) is 0 Å². The van der Waals surface area contributed by atoms with Crippen molar-refractivity contribution < 1.29 is 0 Å². The van der Waals surface area contributed by atoms with Crippen LogP contribution in [0.4, 0.5) is 0 Å². The van der Waals surface area contributed by atoms with Gasteiger partial charge in [-0.05, 0) is 42.9 Å². The molecule has 0 aromatic rings. The first-order valence-electron chi connectivity index (χ1n) is 6.03. The van der Waals surface area contributed by atoms with Gasteiger partial charge in [0.1, 0.15) is 0 Å². The fourth-order valence-corrected chi connectivity index (χ4v) is 3.34. The fourth-order valence-electron chi connectivity index (χ4n) is 3.34. The molecule has 78 valence electrons. The molecule has 14 heavy (non-hydrogen) atoms. The lowest BCUT2D eigenvalue weighted by Crippen LogP contribution is -2.22. The Balaban J connectivity index is 2.19. The molecule has 2 bridgehead atoms. The predicted molar refractivity (Wildman–Crippen MR) is 62.1 cm³/mol. The second-order valence-corrected chi connectivity index (χ2v) is 5.39. The molecule has 0 spiro atoms. The molecule has 0 N–H and O–H groups in total. The van der Waals surface area contributed by atoms with Crippen LogP contribution in [0.25, 0.3) is 0 Å². The average Bonchev–Trinajstić information content (AvgIpc) is 2.67. The zero-order chi connectivity index (χ0) is 10.2. The van der Waals surface area contributed by atoms with Gasteiger partial charge in [0.25, 0.3) is 0 Å². The Hall–Kier alpha value is -0.520. The average molecular weight is 190 g/mol. The van der Waals surface area contributed by atoms with Crippen LogP contribution in [0, 0.1) is 17.3 Å². The number of rotatable bonds is 2. The van der Waals surface area contributed by atoms with Crippen molar-refractivity contribution in [2.24, 2.45) is 17.3 Å². The van der Waals surface area contributed by atoms with Gasteiger partial charge in [0.15, 0.2) is 0 Å². The van der Waals surface area contributed by atoms with E-state index in [0.717, 1.165) is 18.3 Å². The summed E-state index contributed by atoms with van der Waals surface area (Å²) in [4.78, 5) is 0. The molecular weight excluding hydrogens is 168 g/mol. The Labute approximate surface area is 88.1 Å². The molecule has 2 atom stereocenters. The molecule has 0 heteroatoms. The molecule has 2 fully saturated rings. The first kappa shape index (κ1) is 10.0. The maximum Gasteiger partial charge on any atom is -0.0110 e. The third-order valence-electron chi connectivity index (χ3n) is 4.28. The fraction of sp³-hybridized carbons (Fsp3) is 0.714. The van der Waals surface area contributed by atoms with E-state index in [1.54, 1.807) is 5.57 Å². The monoisotopic (exact) mass is 190 g/mol. The van der Waals surface area contributed by atoms with Gasteiger partial charge in [-0.1, -0.05) is 44.6 Å². The van der Waals surface area contributed by atoms with E-state index in [0.29, 0.717) is 5.41 Å². The number of hydrogen-bond acceptors (Lipinski definition) is 0. The molecule has 2 rings (SSSR count). The van der Waals surface area contributed by atoms with E-state index >= 15 is 0 Å². The summed E-state index contributed by atoms with van der Waals surface area (Å²) in [6.45, 7) is 7.06. The van der Waals surface area contributed by atoms with Gasteiger partial charge in [0.05, 0.1) is 0 Å². The van der Waals surface area contributed by atoms with Gasteiger partial charge in [0, 0.05) is 0 Å². The van der Waals surface area contributed by atoms with Crippen molar-refractivity contribution in [3.05, 3.63) is 23.8 Å². The second-order valence-electron chi connectivity index (χ2n) is 5.39. The summed E-state index contributed by atoms with van der Waals surface area (Å²) in [7, 11) is 0. The second kappa shape index (κ2) is 3.56. The summed E-state index contributed by atoms with van der Waals surface area (Å²) in [6, 6.07) is 0. The maximum atomic E-state index is 2.43. The minimum atomic E-state index is 0.487. The Morgan fingerprint density at radius 1 is 1.36 bits per heavy atom. The van der Waals surface area contributed by atoms with E-state index < -0.39 is 0 Å². The summed E-state index contributed by atoms with van der Waals surface area (Å²) in [5.74, 6) is 1.88. The Morgan fingerprint density at radius 3 is 2.71 bits per heavy atom. The van der Waals surface area contributed by atoms with Crippen LogP contribution in [-0.4, -0.2) is 0 Å². The van der Waals surface area contributed by atoms with Crippen LogP contribution in [0.1, 0.15) is 46.5 Å². The molecule has 0 heterocycles. The summed E-state index contributed by atoms with van der Waals surface area (Å²) in [5, 5.41) is 0. The molecule has 0 aliphatic heterocycles. The van der Waals surface area contributed by atoms with Crippen LogP contribution < -0.4 is 0 Å². The third kappa shape index (κ3) is 1.45. The highest BCUT2D eigenvalue weighted by molar-refractivity contribution is 5.29. The highest BCUT2D eigenvalue weighted by Crippen LogP contribution is 2.58. The quantitative estimate of drug-likeness (QED) is 0.608. The molecule has 0 nitrogen and oxygen atoms in total. The van der Waals surface area contributed by atoms with Gasteiger partial charge in [0.2, 0.25) is 0 Å². The van der Waals surface area contributed by atoms with E-state index in [1.165, 1.54) is 19.3 Å². The molecular formula is C14H22. The summed E-state index contributed by atoms with van der Waals surface area (Å²) in [6.07, 6.45) is 12.4. The van der Waals surface area contributed by atoms with Crippen molar-refractivity contribution in [1.82, 2.24) is 0 Å². The lowest BCUT2D eigenvalue weighted by molar-refractivity contribution is 0.288. The molecule has 0 radical (unpaired) electrons. The lowest BCUT2D eigenvalue weighted by Gasteiger charge is -2.32. The first-order valence-corrected chi connectivity index (χ1v) is 6.03. The van der Waals surface area contributed by atoms with Gasteiger partial charge in [-0.15, -0.1) is 0 Å². The van der Waals surface area contributed by atoms with Crippen LogP contribution in [0.15, 0.2) is 23.8 Å². The Bertz CT molecular complexity index is 268. The maximum absolute atomic E-state index is 2.43. The summed E-state index contributed by atoms with van der Waals surface area (Å²) >= 11 is 0. The molecule has 0 amide bonds. The molecule has 2 aliphatic rings. The highest BCUT2D eigenvalue weighted by Gasteiger charge is 2.48. The van der Waals surface area contributed by atoms with Crippen LogP contribution in [0.5, 0.6) is 0 Å². The molecule has 2 unspecified atom stereocenters. The van der Waals surface area contributed by atoms with E-state index in [9.17, 15) is 0 Å². The molecule has 0 saturated heterocycles. The lowest BCUT2D eigenvalue weighted by atomic mass is 9.72. The van der Waals surface area contributed by atoms with E-state index in [-0.39, 0.29) is 0 Å². The summed E-state index contributed by atoms with van der Waals surface area (Å²) < 4.78 is 0. The standard InChI is InChI=1S/C14H22/c1-4-5-6-7-13-11-8-9-12(10-11)14(13,2)3/h5-7,11-12H,4,8-10H2,1-3H3. The first-order chi connectivity index (χ1) is 6.66. The van der Waals surface area contributed by atoms with Gasteiger partial charge in [-0.2, -0.15) is 0 Å². The van der Waals surface area contributed by atoms with Crippen molar-refractivity contribution in [2.75, 3.05) is 0 Å². The van der Waals surface area contributed by atoms with E-state index in [4.69, 9.17) is 0 Å². The molecule has 2 aliphatic carbocycles. The van der Waals surface area contributed by atoms with Crippen LogP contribution in [-0.2, 0) is 0 Å². The van der Waals surface area contributed by atoms with E-state index in [2.05, 4.69) is 39.0 Å². The SMILES string of the molecule is CCC=CC=C1C2CCC(C2)C1(C)C. The number of allylic oxidation sites excluding steroid dienone is 4. The highest BCUT2D eigenvalue weighted by atomic mass is 14.5. The minimum absolute atomic E-state index is 0.487. The minimum Gasteiger partial charge on any atom is -0.0848 e. The van der Waals surface area contributed by atoms with Crippen molar-refractivity contribution in [2.45, 2.75) is 46.5 Å². The zero-order valence-corrected chi connectivity index (χ0v) is 9.72. The van der Waals surface area contributed by atoms with Crippen molar-refractivity contribution in [3.63, 3.8) is 0 Å². The third-order valence-corrected chi connectivity index (χ3v) is 4.28. The normalized spacial score (nSPS) is 37.5. The molecule has 2 saturated carbocycles. The van der Waals surface area contributed by atoms with Gasteiger partial charge < -0.3 is 0 Å². The summed E-state index contributed by atoms with van der Waals surface area (Å²) in [5.41, 5.74) is 2.21. The van der Waals surface area contributed by atoms with Crippen LogP contribution in [0.2, 0.25) is 0 Å². The Morgan fingerprint density at radius 2 is 2.14 bits per heavy atom. The van der Waals surface area contributed by atoms with Gasteiger partial charge in [-0.25, -0.2) is 0 Å². The number of hydrogen-bond donors (Lipinski definition) is 0. The van der Waals surface area contributed by atoms with Crippen LogP contribution >= 0.6 is 0 Å². The van der Waals surface area contributed by atoms with Gasteiger partial charge in [-0.3, -0.25) is 0 Å². The van der Waals surface area contributed by atoms with Crippen molar-refractivity contribution in [3.8, 4) is 0 Å². The smallest absolute Gasteiger partial charge is 0.0110 e. The Kier molecular flexibility index (Phi) is 2.55. The largest absolute Gasteiger partial charge is 0.0848 e. The predicted octanol–water partition coefficient (Wildman–Crippen LogP) is 4.34. The molecule has 0 aromatic carbocycles. The number of fused-ring (bicyclic) bond motifs is 2. The van der Waals surface area contributed by atoms with E-state index in [1.807, 2.05) is 0 Å².